The van der Waals surface area contributed by atoms with E-state index in [1.165, 1.54) is 32.0 Å². The predicted molar refractivity (Wildman–Crippen MR) is 81.0 cm³/mol. The van der Waals surface area contributed by atoms with E-state index < -0.39 is 0 Å². The summed E-state index contributed by atoms with van der Waals surface area (Å²) in [5.41, 5.74) is 0. The minimum absolute atomic E-state index is 1.34. The SMILES string of the molecule is CC=c1c2ccccc2c(=CC)c2ccccc12. The van der Waals surface area contributed by atoms with Crippen LogP contribution in [0, 0.1) is 0 Å². The minimum Gasteiger partial charge on any atom is -0.0791 e. The lowest BCUT2D eigenvalue weighted by molar-refractivity contribution is 1.65. The van der Waals surface area contributed by atoms with Gasteiger partial charge in [0.1, 0.15) is 0 Å². The van der Waals surface area contributed by atoms with Gasteiger partial charge in [0, 0.05) is 0 Å². The van der Waals surface area contributed by atoms with Crippen molar-refractivity contribution in [3.05, 3.63) is 59.0 Å². The van der Waals surface area contributed by atoms with Crippen molar-refractivity contribution in [3.63, 3.8) is 0 Å². The Morgan fingerprint density at radius 1 is 0.556 bits per heavy atom. The largest absolute Gasteiger partial charge is 0.0791 e. The van der Waals surface area contributed by atoms with Gasteiger partial charge in [-0.2, -0.15) is 0 Å². The molecule has 0 fully saturated rings. The molecule has 3 aromatic rings. The van der Waals surface area contributed by atoms with E-state index in [-0.39, 0.29) is 0 Å². The third kappa shape index (κ3) is 1.46. The molecule has 3 rings (SSSR count). The topological polar surface area (TPSA) is 0 Å². The molecule has 0 heteroatoms. The van der Waals surface area contributed by atoms with Gasteiger partial charge in [-0.25, -0.2) is 0 Å². The zero-order valence-electron chi connectivity index (χ0n) is 10.8. The fourth-order valence-electron chi connectivity index (χ4n) is 2.82. The summed E-state index contributed by atoms with van der Waals surface area (Å²) in [5, 5.41) is 8.04. The van der Waals surface area contributed by atoms with Crippen molar-refractivity contribution in [2.75, 3.05) is 0 Å². The standard InChI is InChI=1S/C18H16/c1-3-13-15-9-5-7-11-17(15)14(4-2)18-12-8-6-10-16(13)18/h3-12H,1-2H3. The lowest BCUT2D eigenvalue weighted by atomic mass is 9.97. The van der Waals surface area contributed by atoms with Gasteiger partial charge >= 0.3 is 0 Å². The van der Waals surface area contributed by atoms with Crippen molar-refractivity contribution >= 4 is 33.7 Å². The quantitative estimate of drug-likeness (QED) is 0.520. The third-order valence-corrected chi connectivity index (χ3v) is 3.59. The van der Waals surface area contributed by atoms with E-state index in [9.17, 15) is 0 Å². The van der Waals surface area contributed by atoms with Crippen LogP contribution in [0.1, 0.15) is 13.8 Å². The van der Waals surface area contributed by atoms with E-state index in [1.807, 2.05) is 0 Å². The molecule has 0 saturated heterocycles. The fourth-order valence-corrected chi connectivity index (χ4v) is 2.82. The Labute approximate surface area is 107 Å². The van der Waals surface area contributed by atoms with Gasteiger partial charge in [0.2, 0.25) is 0 Å². The normalized spacial score (nSPS) is 10.8. The maximum absolute atomic E-state index is 2.21. The summed E-state index contributed by atoms with van der Waals surface area (Å²) in [5.74, 6) is 0. The molecule has 0 aromatic heterocycles. The molecule has 3 aromatic carbocycles. The molecule has 0 heterocycles. The lowest BCUT2D eigenvalue weighted by Crippen LogP contribution is -2.14. The highest BCUT2D eigenvalue weighted by molar-refractivity contribution is 6.00. The maximum Gasteiger partial charge on any atom is -0.0102 e. The Balaban J connectivity index is 2.81. The Morgan fingerprint density at radius 3 is 1.06 bits per heavy atom. The monoisotopic (exact) mass is 232 g/mol. The van der Waals surface area contributed by atoms with Crippen LogP contribution < -0.4 is 10.4 Å². The van der Waals surface area contributed by atoms with E-state index in [0.717, 1.165) is 0 Å². The van der Waals surface area contributed by atoms with Crippen LogP contribution in [-0.4, -0.2) is 0 Å². The van der Waals surface area contributed by atoms with Crippen LogP contribution >= 0.6 is 0 Å². The van der Waals surface area contributed by atoms with Gasteiger partial charge in [0.05, 0.1) is 0 Å². The molecular formula is C18H16. The van der Waals surface area contributed by atoms with Crippen LogP contribution in [0.3, 0.4) is 0 Å². The molecule has 0 bridgehead atoms. The first-order valence-corrected chi connectivity index (χ1v) is 6.39. The zero-order valence-corrected chi connectivity index (χ0v) is 10.8. The maximum atomic E-state index is 2.21. The lowest BCUT2D eigenvalue weighted by Gasteiger charge is -2.06. The molecule has 0 aliphatic heterocycles. The minimum atomic E-state index is 1.34. The van der Waals surface area contributed by atoms with Crippen LogP contribution in [0.4, 0.5) is 0 Å². The van der Waals surface area contributed by atoms with Crippen molar-refractivity contribution < 1.29 is 0 Å². The Hall–Kier alpha value is -2.08. The van der Waals surface area contributed by atoms with E-state index in [4.69, 9.17) is 0 Å². The van der Waals surface area contributed by atoms with Gasteiger partial charge < -0.3 is 0 Å². The molecule has 0 unspecified atom stereocenters. The van der Waals surface area contributed by atoms with E-state index in [2.05, 4.69) is 74.5 Å². The van der Waals surface area contributed by atoms with Crippen LogP contribution in [0.2, 0.25) is 0 Å². The number of fused-ring (bicyclic) bond motifs is 2. The molecule has 0 aliphatic carbocycles. The first kappa shape index (κ1) is 11.0. The van der Waals surface area contributed by atoms with E-state index >= 15 is 0 Å². The Kier molecular flexibility index (Phi) is 2.64. The van der Waals surface area contributed by atoms with Gasteiger partial charge in [-0.1, -0.05) is 60.7 Å². The van der Waals surface area contributed by atoms with Crippen molar-refractivity contribution in [2.24, 2.45) is 0 Å². The first-order chi connectivity index (χ1) is 8.86. The first-order valence-electron chi connectivity index (χ1n) is 6.39. The number of rotatable bonds is 0. The molecule has 88 valence electrons. The number of hydrogen-bond acceptors (Lipinski definition) is 0. The highest BCUT2D eigenvalue weighted by Gasteiger charge is 2.03. The molecule has 0 spiro atoms. The summed E-state index contributed by atoms with van der Waals surface area (Å²) in [6.45, 7) is 4.23. The second-order valence-corrected chi connectivity index (χ2v) is 4.50. The van der Waals surface area contributed by atoms with Crippen molar-refractivity contribution in [1.82, 2.24) is 0 Å². The summed E-state index contributed by atoms with van der Waals surface area (Å²) in [7, 11) is 0. The molecule has 0 nitrogen and oxygen atoms in total. The number of hydrogen-bond donors (Lipinski definition) is 0. The number of benzene rings is 3. The van der Waals surface area contributed by atoms with Crippen molar-refractivity contribution in [1.29, 1.82) is 0 Å². The summed E-state index contributed by atoms with van der Waals surface area (Å²) < 4.78 is 0. The molecule has 0 radical (unpaired) electrons. The van der Waals surface area contributed by atoms with E-state index in [1.54, 1.807) is 0 Å². The molecule has 0 N–H and O–H groups in total. The van der Waals surface area contributed by atoms with Crippen molar-refractivity contribution in [2.45, 2.75) is 13.8 Å². The molecule has 0 saturated carbocycles. The summed E-state index contributed by atoms with van der Waals surface area (Å²) >= 11 is 0. The van der Waals surface area contributed by atoms with E-state index in [0.29, 0.717) is 0 Å². The molecule has 0 amide bonds. The zero-order chi connectivity index (χ0) is 12.5. The smallest absolute Gasteiger partial charge is 0.0102 e. The average Bonchev–Trinajstić information content (AvgIpc) is 2.44. The highest BCUT2D eigenvalue weighted by Crippen LogP contribution is 2.13. The van der Waals surface area contributed by atoms with Gasteiger partial charge in [0.15, 0.2) is 0 Å². The molecule has 18 heavy (non-hydrogen) atoms. The fraction of sp³-hybridized carbons (Fsp3) is 0.111. The van der Waals surface area contributed by atoms with Gasteiger partial charge in [0.25, 0.3) is 0 Å². The summed E-state index contributed by atoms with van der Waals surface area (Å²) in [4.78, 5) is 0. The Bertz CT molecular complexity index is 704. The summed E-state index contributed by atoms with van der Waals surface area (Å²) in [6.07, 6.45) is 4.42. The van der Waals surface area contributed by atoms with Gasteiger partial charge in [-0.3, -0.25) is 0 Å². The van der Waals surface area contributed by atoms with Crippen LogP contribution in [0.25, 0.3) is 33.7 Å². The van der Waals surface area contributed by atoms with Crippen LogP contribution in [0.5, 0.6) is 0 Å². The van der Waals surface area contributed by atoms with Crippen LogP contribution in [0.15, 0.2) is 48.5 Å². The second kappa shape index (κ2) is 4.30. The predicted octanol–water partition coefficient (Wildman–Crippen LogP) is 3.59. The Morgan fingerprint density at radius 2 is 0.833 bits per heavy atom. The molecule has 0 atom stereocenters. The van der Waals surface area contributed by atoms with Crippen LogP contribution in [-0.2, 0) is 0 Å². The molecular weight excluding hydrogens is 216 g/mol. The highest BCUT2D eigenvalue weighted by atomic mass is 14.1. The van der Waals surface area contributed by atoms with Gasteiger partial charge in [-0.15, -0.1) is 0 Å². The summed E-state index contributed by atoms with van der Waals surface area (Å²) in [6, 6.07) is 17.3. The third-order valence-electron chi connectivity index (χ3n) is 3.59. The molecule has 0 aliphatic rings. The average molecular weight is 232 g/mol. The van der Waals surface area contributed by atoms with Gasteiger partial charge in [-0.05, 0) is 45.8 Å². The second-order valence-electron chi connectivity index (χ2n) is 4.50. The van der Waals surface area contributed by atoms with Crippen molar-refractivity contribution in [3.8, 4) is 0 Å².